The van der Waals surface area contributed by atoms with Crippen LogP contribution in [0.15, 0.2) is 147 Å². The molecule has 14 unspecified atom stereocenters. The van der Waals surface area contributed by atoms with Crippen LogP contribution in [0.3, 0.4) is 0 Å². The average Bonchev–Trinajstić information content (AvgIpc) is 0.811. The highest BCUT2D eigenvalue weighted by Crippen LogP contribution is 2.47. The van der Waals surface area contributed by atoms with Gasteiger partial charge in [0.05, 0.1) is 57.6 Å². The van der Waals surface area contributed by atoms with Crippen LogP contribution in [0, 0.1) is 60.2 Å². The number of benzene rings is 2. The van der Waals surface area contributed by atoms with E-state index in [1.54, 1.807) is 27.7 Å². The highest BCUT2D eigenvalue weighted by Gasteiger charge is 2.51. The molecule has 37 heteroatoms. The van der Waals surface area contributed by atoms with E-state index in [0.717, 1.165) is 159 Å². The molecule has 146 heavy (non-hydrogen) atoms. The van der Waals surface area contributed by atoms with E-state index in [2.05, 4.69) is 132 Å². The molecule has 18 N–H and O–H groups in total. The number of alkyl halides is 4. The molecule has 9 fully saturated rings. The van der Waals surface area contributed by atoms with Gasteiger partial charge in [-0.25, -0.2) is 65.7 Å². The number of hydrogen-bond donors (Lipinski definition) is 0. The van der Waals surface area contributed by atoms with Gasteiger partial charge in [0.15, 0.2) is 12.3 Å². The third kappa shape index (κ3) is 48.1. The maximum Gasteiger partial charge on any atom is 0.333 e. The normalized spacial score (nSPS) is 27.3. The van der Waals surface area contributed by atoms with Crippen LogP contribution in [0.1, 0.15) is 283 Å². The molecular formula is C109H170F4O33. The second-order valence-corrected chi connectivity index (χ2v) is 38.8. The molecule has 2 aromatic carbocycles. The van der Waals surface area contributed by atoms with Gasteiger partial charge in [0.1, 0.15) is 67.3 Å². The average molecular weight is 2080 g/mol. The van der Waals surface area contributed by atoms with Crippen LogP contribution in [-0.2, 0) is 115 Å². The van der Waals surface area contributed by atoms with Gasteiger partial charge in [-0.05, 0) is 300 Å². The minimum Gasteiger partial charge on any atom is -0.462 e. The highest BCUT2D eigenvalue weighted by atomic mass is 19.2. The number of esters is 10. The number of aryl methyl sites for hydroxylation is 1. The first-order valence-corrected chi connectivity index (χ1v) is 49.2. The molecule has 0 radical (unpaired) electrons. The summed E-state index contributed by atoms with van der Waals surface area (Å²) in [7, 11) is 1.52. The fraction of sp³-hybridized carbons (Fsp3) is 0.633. The van der Waals surface area contributed by atoms with Gasteiger partial charge in [-0.2, -0.15) is 0 Å². The molecule has 33 nitrogen and oxygen atoms in total. The van der Waals surface area contributed by atoms with E-state index in [9.17, 15) is 65.5 Å². The Bertz CT molecular complexity index is 4250. The van der Waals surface area contributed by atoms with E-state index in [4.69, 9.17) is 61.7 Å². The summed E-state index contributed by atoms with van der Waals surface area (Å²) in [5.74, 6) is -3.07. The van der Waals surface area contributed by atoms with Crippen LogP contribution in [0.25, 0.3) is 12.2 Å². The lowest BCUT2D eigenvalue weighted by Crippen LogP contribution is -2.50. The van der Waals surface area contributed by atoms with Crippen molar-refractivity contribution in [2.75, 3.05) is 33.5 Å². The zero-order chi connectivity index (χ0) is 101. The molecule has 0 aromatic heterocycles. The molecule has 0 spiro atoms. The number of carbonyl (C=O) groups excluding carboxylic acids is 10. The summed E-state index contributed by atoms with van der Waals surface area (Å²) in [6.07, 6.45) is 19.3. The molecule has 2 aromatic rings. The van der Waals surface area contributed by atoms with Crippen molar-refractivity contribution in [1.29, 1.82) is 0 Å². The number of fused-ring (bicyclic) bond motifs is 1. The van der Waals surface area contributed by atoms with E-state index >= 15 is 0 Å². The first kappa shape index (κ1) is 140. The van der Waals surface area contributed by atoms with Crippen LogP contribution >= 0.6 is 0 Å². The molecule has 0 heterocycles. The van der Waals surface area contributed by atoms with Crippen molar-refractivity contribution in [2.24, 2.45) is 53.3 Å². The predicted octanol–water partition coefficient (Wildman–Crippen LogP) is 14.4. The standard InChI is InChI=1S/C33H50O10.C20H26F4O4.C20H30O4.C18H26O4.C18H20O2.9H2O/c1-4-30(34)40-20-6-18-38-26-12-8-24(9-13-26)32(36)42-28-16-17-29(23(3)22-28)43-33(37)25-10-14-27(15-11-25)39-19-7-21-41-31(35)5-2;1-9(2)19(25)27-15-6-5-12(16(23)17(15)24)11-7-13(21)18(14(22)8-11)28-20(26)10(3)4;1-13(2)19(21)23-17-9-5-15(6-10-17)16-7-11-18(12-8-16)24-20(22)14(3)4;1-11(2)17(19)21-15-7-5-14-10-16(8-6-13(14)9-15)22-18(20)12(3)4;1-14-4-6-16(7-5-14)8-9-17-10-12-18(13-11-17)15(2)20-19-3;;;;;;;;;/h4-5,23-29H,1-2,6-22H2,3H3;11-18H,1,3,5-8H2,2,4H3;15-18H,1,3,5-12H2,2,4H3;13-16H,1,3,5-10H2,2,4H3;4-13,15H,1-3H3;9*1H2. The Hall–Kier alpha value is -10.0. The molecule has 832 valence electrons. The van der Waals surface area contributed by atoms with Gasteiger partial charge in [-0.3, -0.25) is 9.59 Å². The fourth-order valence-electron chi connectivity index (χ4n) is 19.3. The minimum absolute atomic E-state index is 0. The summed E-state index contributed by atoms with van der Waals surface area (Å²) in [6, 6.07) is 16.7. The first-order valence-electron chi connectivity index (χ1n) is 49.2. The van der Waals surface area contributed by atoms with Crippen molar-refractivity contribution in [2.45, 2.75) is 353 Å². The Balaban J connectivity index is -0.00000177. The van der Waals surface area contributed by atoms with Crippen molar-refractivity contribution in [3.8, 4) is 0 Å². The number of carbonyl (C=O) groups is 10. The van der Waals surface area contributed by atoms with E-state index < -0.39 is 72.6 Å². The topological polar surface area (TPSA) is 583 Å². The quantitative estimate of drug-likeness (QED) is 0.00904. The monoisotopic (exact) mass is 2080 g/mol. The van der Waals surface area contributed by atoms with E-state index in [1.807, 2.05) is 6.92 Å². The molecule has 9 saturated carbocycles. The predicted molar refractivity (Wildman–Crippen MR) is 545 cm³/mol. The summed E-state index contributed by atoms with van der Waals surface area (Å²) in [5, 5.41) is 0. The largest absolute Gasteiger partial charge is 0.462 e. The minimum atomic E-state index is -2.07. The lowest BCUT2D eigenvalue weighted by molar-refractivity contribution is -0.303. The first-order chi connectivity index (χ1) is 65.2. The Morgan fingerprint density at radius 3 is 1.06 bits per heavy atom. The van der Waals surface area contributed by atoms with Gasteiger partial charge in [0.2, 0.25) is 0 Å². The smallest absolute Gasteiger partial charge is 0.333 e. The van der Waals surface area contributed by atoms with Crippen molar-refractivity contribution in [3.05, 3.63) is 169 Å². The van der Waals surface area contributed by atoms with Gasteiger partial charge in [0, 0.05) is 58.4 Å². The summed E-state index contributed by atoms with van der Waals surface area (Å²) in [5.41, 5.74) is 6.70. The van der Waals surface area contributed by atoms with Gasteiger partial charge >= 0.3 is 59.7 Å². The van der Waals surface area contributed by atoms with Gasteiger partial charge in [-0.15, -0.1) is 0 Å². The number of halogens is 4. The van der Waals surface area contributed by atoms with Crippen LogP contribution in [0.2, 0.25) is 0 Å². The zero-order valence-electron chi connectivity index (χ0n) is 87.0. The van der Waals surface area contributed by atoms with E-state index in [0.29, 0.717) is 104 Å². The Morgan fingerprint density at radius 2 is 0.685 bits per heavy atom. The molecule has 14 atom stereocenters. The van der Waals surface area contributed by atoms with E-state index in [1.165, 1.54) is 37.6 Å². The summed E-state index contributed by atoms with van der Waals surface area (Å²) < 4.78 is 123. The Labute approximate surface area is 858 Å². The van der Waals surface area contributed by atoms with Gasteiger partial charge in [-0.1, -0.05) is 126 Å². The van der Waals surface area contributed by atoms with Crippen molar-refractivity contribution >= 4 is 71.8 Å². The Morgan fingerprint density at radius 1 is 0.356 bits per heavy atom. The lowest BCUT2D eigenvalue weighted by Gasteiger charge is -2.42. The third-order valence-corrected chi connectivity index (χ3v) is 27.4. The summed E-state index contributed by atoms with van der Waals surface area (Å²) in [4.78, 5) is 127. The van der Waals surface area contributed by atoms with Gasteiger partial charge in [0.25, 0.3) is 0 Å². The molecule has 9 aliphatic rings. The van der Waals surface area contributed by atoms with Crippen molar-refractivity contribution in [3.63, 3.8) is 0 Å². The molecule has 0 saturated heterocycles. The molecule has 0 bridgehead atoms. The number of ether oxygens (including phenoxy) is 12. The summed E-state index contributed by atoms with van der Waals surface area (Å²) in [6.45, 7) is 45.3. The lowest BCUT2D eigenvalue weighted by atomic mass is 9.69. The number of hydrogen-bond acceptors (Lipinski definition) is 24. The zero-order valence-corrected chi connectivity index (χ0v) is 87.0. The number of rotatable bonds is 35. The SMILES string of the molecule is C=C(C)C(=O)OC1CCC(C2CC(F)C(OC(=O)C(=C)C)C(F)C2)C(F)C1F.C=C(C)C(=O)OC1CCC(C2CCC(OC(=O)C(=C)C)CC2)CC1.C=C(C)C(=O)OC1CCC2CC(OC(=O)C(=C)C)CCC2C1.C=CC(=O)OCCCOC1CCC(C(=O)OC2CCC(OC(=O)C3CCC(OCCCOC(=O)C=C)CC3)C(C)C2)CC1.COOC(C)c1ccc(C=Cc2ccc(C)cc2)cc1.O.O.O.O.O.O.O.O.O. The molecule has 9 aliphatic carbocycles. The van der Waals surface area contributed by atoms with Crippen LogP contribution in [0.5, 0.6) is 0 Å². The second-order valence-electron chi connectivity index (χ2n) is 38.8. The van der Waals surface area contributed by atoms with Crippen LogP contribution in [-0.4, -0.2) is 228 Å². The second kappa shape index (κ2) is 72.4. The fourth-order valence-corrected chi connectivity index (χ4v) is 19.3. The van der Waals surface area contributed by atoms with Gasteiger partial charge < -0.3 is 106 Å². The third-order valence-electron chi connectivity index (χ3n) is 27.4. The van der Waals surface area contributed by atoms with Crippen molar-refractivity contribution < 1.29 is 181 Å². The maximum absolute atomic E-state index is 14.7. The molecule has 0 amide bonds. The maximum atomic E-state index is 14.7. The molecule has 0 aliphatic heterocycles. The summed E-state index contributed by atoms with van der Waals surface area (Å²) >= 11 is 0. The van der Waals surface area contributed by atoms with Crippen molar-refractivity contribution in [1.82, 2.24) is 0 Å². The van der Waals surface area contributed by atoms with Crippen LogP contribution in [0.4, 0.5) is 17.6 Å². The molecule has 11 rings (SSSR count). The highest BCUT2D eigenvalue weighted by molar-refractivity contribution is 5.89. The van der Waals surface area contributed by atoms with E-state index in [-0.39, 0.29) is 195 Å². The van der Waals surface area contributed by atoms with Crippen LogP contribution < -0.4 is 0 Å². The molecular weight excluding hydrogens is 1910 g/mol. The Kier molecular flexibility index (Phi) is 69.5.